The molecular formula is C18H12N2. The minimum absolute atomic E-state index is 0.995. The van der Waals surface area contributed by atoms with E-state index in [1.165, 1.54) is 10.8 Å². The first-order chi connectivity index (χ1) is 9.90. The molecule has 2 nitrogen and oxygen atoms in total. The van der Waals surface area contributed by atoms with Crippen molar-refractivity contribution in [3.05, 3.63) is 73.1 Å². The van der Waals surface area contributed by atoms with Crippen LogP contribution in [0.15, 0.2) is 73.1 Å². The third-order valence-corrected chi connectivity index (χ3v) is 3.53. The fourth-order valence-electron chi connectivity index (χ4n) is 2.48. The van der Waals surface area contributed by atoms with Gasteiger partial charge in [-0.3, -0.25) is 9.97 Å². The average molecular weight is 256 g/mol. The lowest BCUT2D eigenvalue weighted by Gasteiger charge is -2.04. The summed E-state index contributed by atoms with van der Waals surface area (Å²) in [5, 5.41) is 3.52. The predicted octanol–water partition coefficient (Wildman–Crippen LogP) is 4.45. The van der Waals surface area contributed by atoms with Crippen molar-refractivity contribution >= 4 is 21.7 Å². The summed E-state index contributed by atoms with van der Waals surface area (Å²) in [5.41, 5.74) is 3.13. The van der Waals surface area contributed by atoms with Crippen molar-refractivity contribution in [2.75, 3.05) is 0 Å². The van der Waals surface area contributed by atoms with E-state index in [1.807, 2.05) is 30.6 Å². The van der Waals surface area contributed by atoms with E-state index in [0.29, 0.717) is 0 Å². The fraction of sp³-hybridized carbons (Fsp3) is 0. The standard InChI is InChI=1S/C18H12N2/c1-2-5-16-12-20-18(11-13(16)4-1)15-7-8-17-14(10-15)6-3-9-19-17/h1-12H. The first-order valence-corrected chi connectivity index (χ1v) is 6.60. The van der Waals surface area contributed by atoms with Crippen LogP contribution in [-0.4, -0.2) is 9.97 Å². The molecule has 0 aliphatic rings. The SMILES string of the molecule is c1ccc2cc(-c3ccc4ncccc4c3)ncc2c1. The van der Waals surface area contributed by atoms with Crippen LogP contribution in [0.1, 0.15) is 0 Å². The van der Waals surface area contributed by atoms with Gasteiger partial charge in [0.15, 0.2) is 0 Å². The summed E-state index contributed by atoms with van der Waals surface area (Å²) in [6.45, 7) is 0. The lowest BCUT2D eigenvalue weighted by molar-refractivity contribution is 1.35. The zero-order valence-corrected chi connectivity index (χ0v) is 10.8. The molecule has 0 saturated carbocycles. The molecule has 2 heterocycles. The Kier molecular flexibility index (Phi) is 2.46. The van der Waals surface area contributed by atoms with Crippen molar-refractivity contribution < 1.29 is 0 Å². The van der Waals surface area contributed by atoms with Crippen LogP contribution in [0.4, 0.5) is 0 Å². The Morgan fingerprint density at radius 2 is 1.50 bits per heavy atom. The third-order valence-electron chi connectivity index (χ3n) is 3.53. The van der Waals surface area contributed by atoms with Crippen LogP contribution in [0.2, 0.25) is 0 Å². The molecule has 2 heteroatoms. The van der Waals surface area contributed by atoms with E-state index in [2.05, 4.69) is 52.4 Å². The number of hydrogen-bond donors (Lipinski definition) is 0. The van der Waals surface area contributed by atoms with E-state index in [0.717, 1.165) is 22.2 Å². The molecule has 0 amide bonds. The van der Waals surface area contributed by atoms with Crippen molar-refractivity contribution in [2.24, 2.45) is 0 Å². The van der Waals surface area contributed by atoms with Crippen LogP contribution in [0, 0.1) is 0 Å². The second kappa shape index (κ2) is 4.42. The molecule has 20 heavy (non-hydrogen) atoms. The molecule has 0 N–H and O–H groups in total. The summed E-state index contributed by atoms with van der Waals surface area (Å²) in [4.78, 5) is 8.91. The highest BCUT2D eigenvalue weighted by molar-refractivity contribution is 5.88. The van der Waals surface area contributed by atoms with Crippen LogP contribution in [0.5, 0.6) is 0 Å². The maximum Gasteiger partial charge on any atom is 0.0708 e. The summed E-state index contributed by atoms with van der Waals surface area (Å²) < 4.78 is 0. The monoisotopic (exact) mass is 256 g/mol. The summed E-state index contributed by atoms with van der Waals surface area (Å²) in [7, 11) is 0. The molecule has 94 valence electrons. The topological polar surface area (TPSA) is 25.8 Å². The van der Waals surface area contributed by atoms with Crippen LogP contribution in [-0.2, 0) is 0 Å². The molecule has 0 radical (unpaired) electrons. The Morgan fingerprint density at radius 3 is 2.45 bits per heavy atom. The van der Waals surface area contributed by atoms with E-state index >= 15 is 0 Å². The normalized spacial score (nSPS) is 11.0. The molecule has 0 aliphatic carbocycles. The molecule has 0 aliphatic heterocycles. The van der Waals surface area contributed by atoms with Gasteiger partial charge in [0.1, 0.15) is 0 Å². The van der Waals surface area contributed by atoms with Gasteiger partial charge in [-0.25, -0.2) is 0 Å². The molecular weight excluding hydrogens is 244 g/mol. The molecule has 2 aromatic heterocycles. The molecule has 0 fully saturated rings. The second-order valence-electron chi connectivity index (χ2n) is 4.83. The first kappa shape index (κ1) is 11.1. The molecule has 0 atom stereocenters. The van der Waals surface area contributed by atoms with E-state index in [-0.39, 0.29) is 0 Å². The van der Waals surface area contributed by atoms with Crippen molar-refractivity contribution in [2.45, 2.75) is 0 Å². The Hall–Kier alpha value is -2.74. The number of nitrogens with zero attached hydrogens (tertiary/aromatic N) is 2. The van der Waals surface area contributed by atoms with Gasteiger partial charge in [0.05, 0.1) is 11.2 Å². The molecule has 2 aromatic carbocycles. The first-order valence-electron chi connectivity index (χ1n) is 6.60. The quantitative estimate of drug-likeness (QED) is 0.503. The van der Waals surface area contributed by atoms with Crippen molar-refractivity contribution in [1.29, 1.82) is 0 Å². The highest BCUT2D eigenvalue weighted by atomic mass is 14.7. The van der Waals surface area contributed by atoms with Gasteiger partial charge in [-0.15, -0.1) is 0 Å². The van der Waals surface area contributed by atoms with Gasteiger partial charge < -0.3 is 0 Å². The highest BCUT2D eigenvalue weighted by Crippen LogP contribution is 2.24. The second-order valence-corrected chi connectivity index (χ2v) is 4.83. The lowest BCUT2D eigenvalue weighted by atomic mass is 10.1. The lowest BCUT2D eigenvalue weighted by Crippen LogP contribution is -1.85. The Morgan fingerprint density at radius 1 is 0.650 bits per heavy atom. The van der Waals surface area contributed by atoms with E-state index < -0.39 is 0 Å². The van der Waals surface area contributed by atoms with E-state index in [4.69, 9.17) is 0 Å². The molecule has 0 unspecified atom stereocenters. The van der Waals surface area contributed by atoms with Gasteiger partial charge in [-0.2, -0.15) is 0 Å². The molecule has 0 spiro atoms. The van der Waals surface area contributed by atoms with Gasteiger partial charge in [-0.1, -0.05) is 36.4 Å². The van der Waals surface area contributed by atoms with Crippen LogP contribution < -0.4 is 0 Å². The highest BCUT2D eigenvalue weighted by Gasteiger charge is 2.02. The van der Waals surface area contributed by atoms with Gasteiger partial charge in [0, 0.05) is 28.7 Å². The number of fused-ring (bicyclic) bond motifs is 2. The average Bonchev–Trinajstić information content (AvgIpc) is 2.54. The number of aromatic nitrogens is 2. The van der Waals surface area contributed by atoms with Gasteiger partial charge in [0.2, 0.25) is 0 Å². The van der Waals surface area contributed by atoms with Crippen LogP contribution in [0.3, 0.4) is 0 Å². The summed E-state index contributed by atoms with van der Waals surface area (Å²) in [6.07, 6.45) is 3.74. The number of hydrogen-bond acceptors (Lipinski definition) is 2. The zero-order valence-electron chi connectivity index (χ0n) is 10.8. The Balaban J connectivity index is 1.91. The number of rotatable bonds is 1. The van der Waals surface area contributed by atoms with Crippen LogP contribution >= 0.6 is 0 Å². The minimum atomic E-state index is 0.995. The van der Waals surface area contributed by atoms with E-state index in [1.54, 1.807) is 0 Å². The number of pyridine rings is 2. The summed E-state index contributed by atoms with van der Waals surface area (Å²) in [6, 6.07) is 20.7. The third kappa shape index (κ3) is 1.82. The Labute approximate surface area is 116 Å². The molecule has 0 saturated heterocycles. The predicted molar refractivity (Wildman–Crippen MR) is 82.5 cm³/mol. The van der Waals surface area contributed by atoms with Crippen LogP contribution in [0.25, 0.3) is 32.9 Å². The van der Waals surface area contributed by atoms with Gasteiger partial charge in [0.25, 0.3) is 0 Å². The Bertz CT molecular complexity index is 836. The smallest absolute Gasteiger partial charge is 0.0708 e. The van der Waals surface area contributed by atoms with Crippen molar-refractivity contribution in [1.82, 2.24) is 9.97 Å². The molecule has 4 rings (SSSR count). The van der Waals surface area contributed by atoms with Gasteiger partial charge >= 0.3 is 0 Å². The molecule has 0 bridgehead atoms. The summed E-state index contributed by atoms with van der Waals surface area (Å²) in [5.74, 6) is 0. The maximum atomic E-state index is 4.56. The maximum absolute atomic E-state index is 4.56. The fourth-order valence-corrected chi connectivity index (χ4v) is 2.48. The molecule has 4 aromatic rings. The van der Waals surface area contributed by atoms with Gasteiger partial charge in [-0.05, 0) is 29.7 Å². The zero-order chi connectivity index (χ0) is 13.4. The summed E-state index contributed by atoms with van der Waals surface area (Å²) >= 11 is 0. The largest absolute Gasteiger partial charge is 0.256 e. The van der Waals surface area contributed by atoms with E-state index in [9.17, 15) is 0 Å². The van der Waals surface area contributed by atoms with Crippen molar-refractivity contribution in [3.8, 4) is 11.3 Å². The van der Waals surface area contributed by atoms with Crippen molar-refractivity contribution in [3.63, 3.8) is 0 Å². The minimum Gasteiger partial charge on any atom is -0.256 e. The number of benzene rings is 2.